The maximum atomic E-state index is 12.0. The number of fused-ring (bicyclic) bond motifs is 2. The largest absolute Gasteiger partial charge is 0.465 e. The Bertz CT molecular complexity index is 1530. The Balaban J connectivity index is 1.28. The normalized spacial score (nSPS) is 20.2. The summed E-state index contributed by atoms with van der Waals surface area (Å²) in [7, 11) is 0. The second-order valence-electron chi connectivity index (χ2n) is 11.8. The molecule has 10 nitrogen and oxygen atoms in total. The van der Waals surface area contributed by atoms with E-state index in [9.17, 15) is 9.90 Å². The lowest BCUT2D eigenvalue weighted by Gasteiger charge is -2.37. The first-order valence-electron chi connectivity index (χ1n) is 13.8. The van der Waals surface area contributed by atoms with E-state index in [-0.39, 0.29) is 12.1 Å². The molecule has 2 saturated heterocycles. The summed E-state index contributed by atoms with van der Waals surface area (Å²) < 4.78 is 1.85. The third kappa shape index (κ3) is 4.72. The van der Waals surface area contributed by atoms with Crippen LogP contribution in [0.4, 0.5) is 16.4 Å². The highest BCUT2D eigenvalue weighted by Gasteiger charge is 2.37. The first-order chi connectivity index (χ1) is 18.7. The number of aromatic nitrogens is 5. The van der Waals surface area contributed by atoms with Crippen molar-refractivity contribution in [2.24, 2.45) is 0 Å². The van der Waals surface area contributed by atoms with Crippen LogP contribution in [-0.4, -0.2) is 71.9 Å². The van der Waals surface area contributed by atoms with Crippen LogP contribution in [-0.2, 0) is 0 Å². The standard InChI is InChI=1S/C29H36N8O2/c1-19-8-9-22-21(15-19)27(31-18-30-22)35-12-6-5-7-24(35)23-16-26-32-25(11-14-36(26)33-23)34-13-10-20(17-34)37(28(38)39)29(2,3)4/h8-9,11,14-16,18,20,24H,5-7,10,12-13,17H2,1-4H3,(H,38,39)/t20-,24?/m0/s1. The number of carboxylic acid groups (broad SMARTS) is 1. The van der Waals surface area contributed by atoms with Crippen LogP contribution in [0.1, 0.15) is 63.8 Å². The fraction of sp³-hybridized carbons (Fsp3) is 0.483. The summed E-state index contributed by atoms with van der Waals surface area (Å²) in [6, 6.07) is 10.4. The highest BCUT2D eigenvalue weighted by molar-refractivity contribution is 5.90. The van der Waals surface area contributed by atoms with Gasteiger partial charge in [-0.25, -0.2) is 24.3 Å². The number of nitrogens with zero attached hydrogens (tertiary/aromatic N) is 8. The van der Waals surface area contributed by atoms with E-state index in [2.05, 4.69) is 46.0 Å². The molecule has 1 unspecified atom stereocenters. The Morgan fingerprint density at radius 3 is 2.72 bits per heavy atom. The molecule has 4 aromatic rings. The summed E-state index contributed by atoms with van der Waals surface area (Å²) in [6.45, 7) is 10.3. The molecule has 2 aliphatic rings. The summed E-state index contributed by atoms with van der Waals surface area (Å²) >= 11 is 0. The van der Waals surface area contributed by atoms with Gasteiger partial charge in [0.05, 0.1) is 23.3 Å². The topological polar surface area (TPSA) is 103 Å². The number of piperidine rings is 1. The molecule has 1 amide bonds. The van der Waals surface area contributed by atoms with Crippen LogP contribution < -0.4 is 9.80 Å². The number of aryl methyl sites for hydroxylation is 1. The van der Waals surface area contributed by atoms with Gasteiger partial charge in [0.1, 0.15) is 18.0 Å². The lowest BCUT2D eigenvalue weighted by molar-refractivity contribution is 0.0763. The zero-order chi connectivity index (χ0) is 27.3. The van der Waals surface area contributed by atoms with Crippen molar-refractivity contribution >= 4 is 34.3 Å². The van der Waals surface area contributed by atoms with Crippen molar-refractivity contribution in [3.05, 3.63) is 54.1 Å². The van der Waals surface area contributed by atoms with Gasteiger partial charge in [0.25, 0.3) is 0 Å². The van der Waals surface area contributed by atoms with E-state index in [0.717, 1.165) is 72.7 Å². The molecule has 0 bridgehead atoms. The molecular weight excluding hydrogens is 492 g/mol. The molecule has 1 aromatic carbocycles. The van der Waals surface area contributed by atoms with E-state index in [1.807, 2.05) is 37.5 Å². The average molecular weight is 529 g/mol. The van der Waals surface area contributed by atoms with E-state index in [1.54, 1.807) is 11.2 Å². The second kappa shape index (κ2) is 9.66. The molecule has 0 aliphatic carbocycles. The predicted octanol–water partition coefficient (Wildman–Crippen LogP) is 5.07. The van der Waals surface area contributed by atoms with E-state index in [0.29, 0.717) is 6.54 Å². The number of carbonyl (C=O) groups is 1. The van der Waals surface area contributed by atoms with Crippen LogP contribution in [0.25, 0.3) is 16.6 Å². The molecule has 6 rings (SSSR count). The number of hydrogen-bond acceptors (Lipinski definition) is 7. The predicted molar refractivity (Wildman–Crippen MR) is 151 cm³/mol. The SMILES string of the molecule is Cc1ccc2ncnc(N3CCCCC3c3cc4nc(N5CC[C@H](N(C(=O)O)C(C)(C)C)C5)ccn4n3)c2c1. The number of benzene rings is 1. The van der Waals surface area contributed by atoms with E-state index in [4.69, 9.17) is 15.1 Å². The second-order valence-corrected chi connectivity index (χ2v) is 11.8. The molecule has 39 heavy (non-hydrogen) atoms. The van der Waals surface area contributed by atoms with Gasteiger partial charge >= 0.3 is 6.09 Å². The molecule has 3 aromatic heterocycles. The van der Waals surface area contributed by atoms with Crippen molar-refractivity contribution in [2.75, 3.05) is 29.4 Å². The molecule has 10 heteroatoms. The van der Waals surface area contributed by atoms with Gasteiger partial charge in [0.15, 0.2) is 5.65 Å². The number of hydrogen-bond donors (Lipinski definition) is 1. The summed E-state index contributed by atoms with van der Waals surface area (Å²) in [6.07, 6.45) is 6.78. The van der Waals surface area contributed by atoms with Gasteiger partial charge in [-0.05, 0) is 71.6 Å². The zero-order valence-corrected chi connectivity index (χ0v) is 23.1. The monoisotopic (exact) mass is 528 g/mol. The lowest BCUT2D eigenvalue weighted by Crippen LogP contribution is -2.52. The Hall–Kier alpha value is -3.95. The van der Waals surface area contributed by atoms with Crippen LogP contribution in [0.3, 0.4) is 0 Å². The molecule has 204 valence electrons. The number of amides is 1. The molecule has 2 aliphatic heterocycles. The third-order valence-electron chi connectivity index (χ3n) is 8.00. The first-order valence-corrected chi connectivity index (χ1v) is 13.8. The Labute approximate surface area is 228 Å². The first kappa shape index (κ1) is 25.3. The van der Waals surface area contributed by atoms with Crippen LogP contribution >= 0.6 is 0 Å². The van der Waals surface area contributed by atoms with Gasteiger partial charge in [-0.3, -0.25) is 4.90 Å². The maximum Gasteiger partial charge on any atom is 0.408 e. The third-order valence-corrected chi connectivity index (χ3v) is 8.00. The molecule has 5 heterocycles. The van der Waals surface area contributed by atoms with Gasteiger partial charge in [-0.1, -0.05) is 11.6 Å². The van der Waals surface area contributed by atoms with Crippen molar-refractivity contribution in [1.29, 1.82) is 0 Å². The van der Waals surface area contributed by atoms with Crippen LogP contribution in [0.15, 0.2) is 42.9 Å². The van der Waals surface area contributed by atoms with Gasteiger partial charge in [-0.2, -0.15) is 5.10 Å². The molecule has 2 atom stereocenters. The molecule has 0 saturated carbocycles. The van der Waals surface area contributed by atoms with E-state index >= 15 is 0 Å². The zero-order valence-electron chi connectivity index (χ0n) is 23.1. The summed E-state index contributed by atoms with van der Waals surface area (Å²) in [5.41, 5.74) is 3.47. The molecule has 0 spiro atoms. The fourth-order valence-corrected chi connectivity index (χ4v) is 6.26. The smallest absolute Gasteiger partial charge is 0.408 e. The molecule has 2 fully saturated rings. The molecule has 0 radical (unpaired) electrons. The minimum Gasteiger partial charge on any atom is -0.465 e. The van der Waals surface area contributed by atoms with Crippen molar-refractivity contribution in [3.8, 4) is 0 Å². The molecule has 1 N–H and O–H groups in total. The van der Waals surface area contributed by atoms with Crippen LogP contribution in [0, 0.1) is 6.92 Å². The quantitative estimate of drug-likeness (QED) is 0.392. The highest BCUT2D eigenvalue weighted by Crippen LogP contribution is 2.37. The van der Waals surface area contributed by atoms with E-state index < -0.39 is 11.6 Å². The Morgan fingerprint density at radius 2 is 1.92 bits per heavy atom. The summed E-state index contributed by atoms with van der Waals surface area (Å²) in [5.74, 6) is 1.82. The average Bonchev–Trinajstić information content (AvgIpc) is 3.54. The van der Waals surface area contributed by atoms with Gasteiger partial charge in [0, 0.05) is 42.8 Å². The Morgan fingerprint density at radius 1 is 1.08 bits per heavy atom. The summed E-state index contributed by atoms with van der Waals surface area (Å²) in [4.78, 5) is 32.3. The number of rotatable bonds is 4. The number of anilines is 2. The van der Waals surface area contributed by atoms with Crippen molar-refractivity contribution in [3.63, 3.8) is 0 Å². The summed E-state index contributed by atoms with van der Waals surface area (Å²) in [5, 5.41) is 15.9. The molecular formula is C29H36N8O2. The fourth-order valence-electron chi connectivity index (χ4n) is 6.26. The van der Waals surface area contributed by atoms with Crippen molar-refractivity contribution in [2.45, 2.75) is 71.0 Å². The van der Waals surface area contributed by atoms with Gasteiger partial charge in [-0.15, -0.1) is 0 Å². The van der Waals surface area contributed by atoms with Gasteiger partial charge in [0.2, 0.25) is 0 Å². The minimum atomic E-state index is -0.873. The lowest BCUT2D eigenvalue weighted by atomic mass is 9.98. The minimum absolute atomic E-state index is 0.0666. The van der Waals surface area contributed by atoms with E-state index in [1.165, 1.54) is 5.56 Å². The Kier molecular flexibility index (Phi) is 6.28. The maximum absolute atomic E-state index is 12.0. The van der Waals surface area contributed by atoms with Crippen LogP contribution in [0.5, 0.6) is 0 Å². The van der Waals surface area contributed by atoms with Crippen molar-refractivity contribution < 1.29 is 9.90 Å². The van der Waals surface area contributed by atoms with Gasteiger partial charge < -0.3 is 14.9 Å². The highest BCUT2D eigenvalue weighted by atomic mass is 16.4. The van der Waals surface area contributed by atoms with Crippen molar-refractivity contribution in [1.82, 2.24) is 29.5 Å². The van der Waals surface area contributed by atoms with Crippen LogP contribution in [0.2, 0.25) is 0 Å².